The molecular formula is C23H40O3Si. The third kappa shape index (κ3) is 19.2. The van der Waals surface area contributed by atoms with Gasteiger partial charge in [0.25, 0.3) is 0 Å². The average Bonchev–Trinajstić information content (AvgIpc) is 2.61. The largest absolute Gasteiger partial charge is 0.469 e. The van der Waals surface area contributed by atoms with E-state index in [2.05, 4.69) is 73.8 Å². The van der Waals surface area contributed by atoms with Crippen LogP contribution in [-0.2, 0) is 14.0 Å². The number of unbranched alkanes of at least 4 members (excludes halogenated alkanes) is 2. The lowest BCUT2D eigenvalue weighted by molar-refractivity contribution is -0.140. The van der Waals surface area contributed by atoms with Crippen molar-refractivity contribution < 1.29 is 14.0 Å². The van der Waals surface area contributed by atoms with E-state index in [1.54, 1.807) is 0 Å². The Morgan fingerprint density at radius 1 is 0.963 bits per heavy atom. The lowest BCUT2D eigenvalue weighted by Crippen LogP contribution is -2.31. The van der Waals surface area contributed by atoms with Crippen LogP contribution in [0.3, 0.4) is 0 Å². The van der Waals surface area contributed by atoms with Crippen LogP contribution in [0.2, 0.25) is 19.6 Å². The van der Waals surface area contributed by atoms with Crippen molar-refractivity contribution in [3.63, 3.8) is 0 Å². The molecular weight excluding hydrogens is 352 g/mol. The van der Waals surface area contributed by atoms with Gasteiger partial charge >= 0.3 is 5.97 Å². The highest BCUT2D eigenvalue weighted by Gasteiger charge is 2.18. The zero-order valence-electron chi connectivity index (χ0n) is 18.1. The maximum Gasteiger partial charge on any atom is 0.305 e. The third-order valence-corrected chi connectivity index (χ3v) is 4.80. The van der Waals surface area contributed by atoms with E-state index in [1.807, 2.05) is 6.08 Å². The number of allylic oxidation sites excluding steroid dienone is 7. The second kappa shape index (κ2) is 16.8. The van der Waals surface area contributed by atoms with E-state index >= 15 is 0 Å². The van der Waals surface area contributed by atoms with Gasteiger partial charge in [0.1, 0.15) is 0 Å². The first kappa shape index (κ1) is 25.6. The maximum atomic E-state index is 11.0. The molecule has 0 heterocycles. The Hall–Kier alpha value is -1.39. The smallest absolute Gasteiger partial charge is 0.305 e. The molecule has 0 rings (SSSR count). The van der Waals surface area contributed by atoms with E-state index in [9.17, 15) is 4.79 Å². The first-order valence-electron chi connectivity index (χ1n) is 10.3. The van der Waals surface area contributed by atoms with Gasteiger partial charge in [0, 0.05) is 6.42 Å². The van der Waals surface area contributed by atoms with Crippen molar-refractivity contribution in [2.75, 3.05) is 7.11 Å². The summed E-state index contributed by atoms with van der Waals surface area (Å²) in [6.07, 6.45) is 25.1. The molecule has 0 aromatic carbocycles. The van der Waals surface area contributed by atoms with Gasteiger partial charge in [0.05, 0.1) is 13.2 Å². The van der Waals surface area contributed by atoms with Crippen LogP contribution < -0.4 is 0 Å². The van der Waals surface area contributed by atoms with E-state index in [0.717, 1.165) is 25.7 Å². The fourth-order valence-corrected chi connectivity index (χ4v) is 3.56. The van der Waals surface area contributed by atoms with E-state index in [0.29, 0.717) is 6.42 Å². The number of carbonyl (C=O) groups excluding carboxylic acids is 1. The van der Waals surface area contributed by atoms with Crippen LogP contribution in [0.4, 0.5) is 0 Å². The minimum atomic E-state index is -1.51. The van der Waals surface area contributed by atoms with E-state index < -0.39 is 8.32 Å². The third-order valence-electron chi connectivity index (χ3n) is 3.79. The van der Waals surface area contributed by atoms with Crippen LogP contribution in [0.1, 0.15) is 58.3 Å². The summed E-state index contributed by atoms with van der Waals surface area (Å²) in [6, 6.07) is 0. The number of esters is 1. The molecule has 0 aliphatic carbocycles. The first-order chi connectivity index (χ1) is 12.9. The summed E-state index contributed by atoms with van der Waals surface area (Å²) in [7, 11) is -0.0878. The Morgan fingerprint density at radius 2 is 1.63 bits per heavy atom. The molecule has 4 heteroatoms. The second-order valence-corrected chi connectivity index (χ2v) is 12.1. The van der Waals surface area contributed by atoms with Gasteiger partial charge in [0.15, 0.2) is 8.32 Å². The fraction of sp³-hybridized carbons (Fsp3) is 0.609. The molecule has 0 aromatic heterocycles. The molecule has 0 bridgehead atoms. The Morgan fingerprint density at radius 3 is 2.26 bits per heavy atom. The van der Waals surface area contributed by atoms with Gasteiger partial charge in [0.2, 0.25) is 0 Å². The molecule has 0 saturated heterocycles. The number of hydrogen-bond acceptors (Lipinski definition) is 3. The molecule has 154 valence electrons. The first-order valence-corrected chi connectivity index (χ1v) is 13.7. The van der Waals surface area contributed by atoms with Gasteiger partial charge in [-0.1, -0.05) is 74.8 Å². The van der Waals surface area contributed by atoms with Crippen molar-refractivity contribution in [3.05, 3.63) is 48.6 Å². The predicted molar refractivity (Wildman–Crippen MR) is 119 cm³/mol. The normalized spacial score (nSPS) is 14.1. The quantitative estimate of drug-likeness (QED) is 0.102. The van der Waals surface area contributed by atoms with Crippen LogP contribution in [0.25, 0.3) is 0 Å². The summed E-state index contributed by atoms with van der Waals surface area (Å²) in [5.74, 6) is -0.156. The van der Waals surface area contributed by atoms with Gasteiger partial charge in [-0.15, -0.1) is 0 Å². The van der Waals surface area contributed by atoms with Gasteiger partial charge in [-0.25, -0.2) is 0 Å². The summed E-state index contributed by atoms with van der Waals surface area (Å²) in [6.45, 7) is 8.98. The molecule has 1 atom stereocenters. The maximum absolute atomic E-state index is 11.0. The van der Waals surface area contributed by atoms with Crippen molar-refractivity contribution in [1.82, 2.24) is 0 Å². The molecule has 0 aliphatic heterocycles. The topological polar surface area (TPSA) is 35.5 Å². The summed E-state index contributed by atoms with van der Waals surface area (Å²) in [5.41, 5.74) is 0. The molecule has 0 fully saturated rings. The Balaban J connectivity index is 4.06. The van der Waals surface area contributed by atoms with Crippen LogP contribution in [0, 0.1) is 0 Å². The van der Waals surface area contributed by atoms with Gasteiger partial charge in [-0.3, -0.25) is 4.79 Å². The SMILES string of the molecule is CCCCCC(/C=C/C=C\C/C=C\C/C=C\CCC(=O)OC)O[Si](C)(C)C. The zero-order chi connectivity index (χ0) is 20.4. The summed E-state index contributed by atoms with van der Waals surface area (Å²) < 4.78 is 10.9. The number of methoxy groups -OCH3 is 1. The molecule has 0 aromatic rings. The highest BCUT2D eigenvalue weighted by atomic mass is 28.4. The zero-order valence-corrected chi connectivity index (χ0v) is 19.1. The van der Waals surface area contributed by atoms with Crippen molar-refractivity contribution in [2.24, 2.45) is 0 Å². The van der Waals surface area contributed by atoms with E-state index in [1.165, 1.54) is 26.4 Å². The van der Waals surface area contributed by atoms with Crippen LogP contribution in [-0.4, -0.2) is 27.5 Å². The number of ether oxygens (including phenoxy) is 1. The number of hydrogen-bond donors (Lipinski definition) is 0. The summed E-state index contributed by atoms with van der Waals surface area (Å²) in [5, 5.41) is 0. The van der Waals surface area contributed by atoms with Crippen molar-refractivity contribution in [2.45, 2.75) is 84.0 Å². The van der Waals surface area contributed by atoms with E-state index in [-0.39, 0.29) is 12.1 Å². The minimum absolute atomic E-state index is 0.156. The second-order valence-electron chi connectivity index (χ2n) is 7.61. The van der Waals surface area contributed by atoms with Crippen LogP contribution in [0.15, 0.2) is 48.6 Å². The van der Waals surface area contributed by atoms with Crippen molar-refractivity contribution >= 4 is 14.3 Å². The molecule has 0 spiro atoms. The van der Waals surface area contributed by atoms with Crippen molar-refractivity contribution in [1.29, 1.82) is 0 Å². The van der Waals surface area contributed by atoms with E-state index in [4.69, 9.17) is 4.43 Å². The average molecular weight is 393 g/mol. The standard InChI is InChI=1S/C23H40O3Si/c1-6-7-16-19-22(26-27(3,4)5)20-17-14-12-10-8-9-11-13-15-18-21-23(24)25-2/h8-9,12-15,17,20,22H,6-7,10-11,16,18-19,21H2,1-5H3/b9-8-,14-12-,15-13-,20-17+. The summed E-state index contributed by atoms with van der Waals surface area (Å²) >= 11 is 0. The number of rotatable bonds is 15. The van der Waals surface area contributed by atoms with Gasteiger partial charge in [-0.2, -0.15) is 0 Å². The molecule has 3 nitrogen and oxygen atoms in total. The Bertz CT molecular complexity index is 484. The molecule has 27 heavy (non-hydrogen) atoms. The van der Waals surface area contributed by atoms with Crippen LogP contribution >= 0.6 is 0 Å². The van der Waals surface area contributed by atoms with Gasteiger partial charge in [-0.05, 0) is 45.3 Å². The monoisotopic (exact) mass is 392 g/mol. The molecule has 0 aliphatic rings. The number of carbonyl (C=O) groups is 1. The predicted octanol–water partition coefficient (Wildman–Crippen LogP) is 6.75. The Kier molecular flexibility index (Phi) is 15.9. The molecule has 0 N–H and O–H groups in total. The molecule has 0 saturated carbocycles. The lowest BCUT2D eigenvalue weighted by atomic mass is 10.1. The summed E-state index contributed by atoms with van der Waals surface area (Å²) in [4.78, 5) is 11.0. The molecule has 0 amide bonds. The van der Waals surface area contributed by atoms with Crippen molar-refractivity contribution in [3.8, 4) is 0 Å². The minimum Gasteiger partial charge on any atom is -0.469 e. The Labute approximate surface area is 168 Å². The highest BCUT2D eigenvalue weighted by molar-refractivity contribution is 6.69. The fourth-order valence-electron chi connectivity index (χ4n) is 2.46. The van der Waals surface area contributed by atoms with Gasteiger partial charge < -0.3 is 9.16 Å². The van der Waals surface area contributed by atoms with Crippen LogP contribution in [0.5, 0.6) is 0 Å². The molecule has 1 unspecified atom stereocenters. The molecule has 0 radical (unpaired) electrons. The highest BCUT2D eigenvalue weighted by Crippen LogP contribution is 2.14. The lowest BCUT2D eigenvalue weighted by Gasteiger charge is -2.24.